The van der Waals surface area contributed by atoms with Gasteiger partial charge in [-0.05, 0) is 55.8 Å². The maximum Gasteiger partial charge on any atom is 0.282 e. The lowest BCUT2D eigenvalue weighted by Crippen LogP contribution is -2.56. The Hall–Kier alpha value is -4.35. The fourth-order valence-electron chi connectivity index (χ4n) is 7.54. The van der Waals surface area contributed by atoms with Gasteiger partial charge in [0.05, 0.1) is 18.5 Å². The Kier molecular flexibility index (Phi) is 9.06. The summed E-state index contributed by atoms with van der Waals surface area (Å²) in [5, 5.41) is 20.0. The third-order valence-corrected chi connectivity index (χ3v) is 9.86. The number of allylic oxidation sites excluding steroid dienone is 2. The number of nitrogens with zero attached hydrogens (tertiary/aromatic N) is 6. The average Bonchev–Trinajstić information content (AvgIpc) is 3.39. The van der Waals surface area contributed by atoms with E-state index >= 15 is 4.39 Å². The Morgan fingerprint density at radius 1 is 1.17 bits per heavy atom. The van der Waals surface area contributed by atoms with E-state index < -0.39 is 41.7 Å². The van der Waals surface area contributed by atoms with Crippen molar-refractivity contribution in [3.63, 3.8) is 0 Å². The molecule has 0 aromatic heterocycles. The van der Waals surface area contributed by atoms with Gasteiger partial charge in [0.1, 0.15) is 36.3 Å². The largest absolute Gasteiger partial charge is 0.475 e. The first-order valence-electron chi connectivity index (χ1n) is 15.9. The zero-order valence-corrected chi connectivity index (χ0v) is 25.9. The molecule has 1 amide bonds. The molecule has 2 saturated heterocycles. The number of carbonyl (C=O) groups excluding carboxylic acids is 1. The number of likely N-dealkylation sites (N-methyl/N-ethyl adjacent to an activating group) is 1. The number of likely N-dealkylation sites (tertiary alicyclic amines) is 1. The number of hydrogen-bond acceptors (Lipinski definition) is 7. The van der Waals surface area contributed by atoms with Crippen molar-refractivity contribution in [1.82, 2.24) is 14.7 Å². The number of nitriles is 2. The molecule has 6 rings (SSSR count). The maximum absolute atomic E-state index is 16.8. The summed E-state index contributed by atoms with van der Waals surface area (Å²) in [5.74, 6) is -3.09. The molecule has 46 heavy (non-hydrogen) atoms. The highest BCUT2D eigenvalue weighted by atomic mass is 19.1. The smallest absolute Gasteiger partial charge is 0.282 e. The first kappa shape index (κ1) is 31.6. The van der Waals surface area contributed by atoms with Gasteiger partial charge in [0.2, 0.25) is 5.90 Å². The molecule has 3 heterocycles. The normalized spacial score (nSPS) is 27.9. The number of piperazine rings is 1. The molecule has 0 bridgehead atoms. The van der Waals surface area contributed by atoms with E-state index in [2.05, 4.69) is 24.8 Å². The zero-order chi connectivity index (χ0) is 32.5. The molecule has 2 fully saturated rings. The van der Waals surface area contributed by atoms with Crippen molar-refractivity contribution in [2.45, 2.75) is 62.8 Å². The van der Waals surface area contributed by atoms with Crippen molar-refractivity contribution < 1.29 is 22.7 Å². The Bertz CT molecular complexity index is 1630. The molecule has 0 saturated carbocycles. The number of alkyl halides is 1. The van der Waals surface area contributed by atoms with E-state index in [4.69, 9.17) is 9.73 Å². The van der Waals surface area contributed by atoms with Crippen LogP contribution in [-0.2, 0) is 22.4 Å². The molecule has 240 valence electrons. The number of carbonyl (C=O) groups is 1. The fourth-order valence-corrected chi connectivity index (χ4v) is 7.54. The first-order chi connectivity index (χ1) is 22.2. The van der Waals surface area contributed by atoms with Gasteiger partial charge >= 0.3 is 0 Å². The minimum atomic E-state index is -1.11. The average molecular weight is 631 g/mol. The van der Waals surface area contributed by atoms with Gasteiger partial charge < -0.3 is 14.5 Å². The molecule has 5 atom stereocenters. The Morgan fingerprint density at radius 2 is 1.98 bits per heavy atom. The molecule has 11 heteroatoms. The van der Waals surface area contributed by atoms with Gasteiger partial charge in [0, 0.05) is 49.4 Å². The van der Waals surface area contributed by atoms with Crippen molar-refractivity contribution >= 4 is 17.4 Å². The predicted octanol–water partition coefficient (Wildman–Crippen LogP) is 4.96. The number of dihydropyridines is 1. The molecule has 0 spiro atoms. The second kappa shape index (κ2) is 13.2. The van der Waals surface area contributed by atoms with Gasteiger partial charge in [0.15, 0.2) is 5.83 Å². The third kappa shape index (κ3) is 5.85. The number of benzene rings is 1. The van der Waals surface area contributed by atoms with Crippen molar-refractivity contribution in [3.05, 3.63) is 76.5 Å². The van der Waals surface area contributed by atoms with Crippen LogP contribution in [0.4, 0.5) is 13.2 Å². The van der Waals surface area contributed by atoms with E-state index in [1.54, 1.807) is 6.08 Å². The van der Waals surface area contributed by atoms with E-state index in [0.29, 0.717) is 11.3 Å². The van der Waals surface area contributed by atoms with Gasteiger partial charge in [-0.2, -0.15) is 10.5 Å². The summed E-state index contributed by atoms with van der Waals surface area (Å²) in [4.78, 5) is 22.3. The van der Waals surface area contributed by atoms with E-state index in [-0.39, 0.29) is 63.1 Å². The predicted molar refractivity (Wildman–Crippen MR) is 167 cm³/mol. The number of aryl methyl sites for hydroxylation is 1. The molecule has 1 aromatic carbocycles. The van der Waals surface area contributed by atoms with Gasteiger partial charge in [-0.3, -0.25) is 9.69 Å². The van der Waals surface area contributed by atoms with Gasteiger partial charge in [-0.15, -0.1) is 0 Å². The summed E-state index contributed by atoms with van der Waals surface area (Å²) in [5.41, 5.74) is 4.27. The molecule has 2 aliphatic carbocycles. The van der Waals surface area contributed by atoms with Crippen LogP contribution < -0.4 is 0 Å². The summed E-state index contributed by atoms with van der Waals surface area (Å²) in [6, 6.07) is 8.36. The lowest BCUT2D eigenvalue weighted by Gasteiger charge is -2.45. The highest BCUT2D eigenvalue weighted by molar-refractivity contribution is 6.00. The van der Waals surface area contributed by atoms with Crippen LogP contribution in [0.5, 0.6) is 0 Å². The molecule has 8 nitrogen and oxygen atoms in total. The number of aliphatic imine (C=N–C) groups is 1. The standard InChI is InChI=1S/C35H37F3N6O2/c1-21(36)35(45)44-15-14-43(19-24(44)12-13-39)33-29-11-10-28(27-9-5-7-22-6-3-4-8-26(22)27)31(38)32(29)41-34(30(33)17-40)46-20-25-16-23(37)18-42(25)2/h5,7,9-11,23-25,29,32H,1,3-4,6,8,12,14-16,18-20H2,2H3/t23-,24+,25+,29?,32?/m1/s1. The minimum absolute atomic E-state index is 0.0122. The van der Waals surface area contributed by atoms with E-state index in [0.717, 1.165) is 36.8 Å². The van der Waals surface area contributed by atoms with Gasteiger partial charge in [0.25, 0.3) is 5.91 Å². The number of rotatable bonds is 6. The second-order valence-corrected chi connectivity index (χ2v) is 12.7. The van der Waals surface area contributed by atoms with Crippen LogP contribution in [0.15, 0.2) is 64.8 Å². The van der Waals surface area contributed by atoms with E-state index in [1.165, 1.54) is 10.5 Å². The topological polar surface area (TPSA) is 96.0 Å². The summed E-state index contributed by atoms with van der Waals surface area (Å²) in [6.07, 6.45) is 6.81. The van der Waals surface area contributed by atoms with Gasteiger partial charge in [-0.25, -0.2) is 18.2 Å². The molecule has 1 aromatic rings. The lowest BCUT2D eigenvalue weighted by atomic mass is 9.79. The maximum atomic E-state index is 16.8. The summed E-state index contributed by atoms with van der Waals surface area (Å²) in [7, 11) is 1.81. The SMILES string of the molecule is C=C(F)C(=O)N1CCN(C2=C(C#N)C(OC[C@@H]3C[C@@H](F)CN3C)=NC3C(F)=C(c4cccc5c4CCCC5)C=CC23)C[C@@H]1CC#N. The van der Waals surface area contributed by atoms with Crippen LogP contribution in [0.2, 0.25) is 0 Å². The number of ether oxygens (including phenoxy) is 1. The number of halogens is 3. The van der Waals surface area contributed by atoms with Crippen LogP contribution in [0.3, 0.4) is 0 Å². The zero-order valence-electron chi connectivity index (χ0n) is 25.9. The van der Waals surface area contributed by atoms with Crippen molar-refractivity contribution in [2.75, 3.05) is 39.8 Å². The Morgan fingerprint density at radius 3 is 2.70 bits per heavy atom. The van der Waals surface area contributed by atoms with Gasteiger partial charge in [-0.1, -0.05) is 36.9 Å². The molecular formula is C35H37F3N6O2. The summed E-state index contributed by atoms with van der Waals surface area (Å²) < 4.78 is 51.0. The van der Waals surface area contributed by atoms with E-state index in [1.807, 2.05) is 35.1 Å². The summed E-state index contributed by atoms with van der Waals surface area (Å²) in [6.45, 7) is 3.89. The highest BCUT2D eigenvalue weighted by Gasteiger charge is 2.44. The van der Waals surface area contributed by atoms with Crippen LogP contribution in [0.25, 0.3) is 5.57 Å². The number of hydrogen-bond donors (Lipinski definition) is 0. The molecule has 0 N–H and O–H groups in total. The molecule has 3 aliphatic heterocycles. The van der Waals surface area contributed by atoms with Crippen LogP contribution in [-0.4, -0.2) is 90.6 Å². The lowest BCUT2D eigenvalue weighted by molar-refractivity contribution is -0.133. The van der Waals surface area contributed by atoms with Crippen molar-refractivity contribution in [1.29, 1.82) is 10.5 Å². The summed E-state index contributed by atoms with van der Waals surface area (Å²) >= 11 is 0. The minimum Gasteiger partial charge on any atom is -0.475 e. The van der Waals surface area contributed by atoms with Crippen molar-refractivity contribution in [3.8, 4) is 12.1 Å². The highest BCUT2D eigenvalue weighted by Crippen LogP contribution is 2.43. The monoisotopic (exact) mass is 630 g/mol. The molecule has 0 radical (unpaired) electrons. The number of fused-ring (bicyclic) bond motifs is 2. The van der Waals surface area contributed by atoms with Crippen molar-refractivity contribution in [2.24, 2.45) is 10.9 Å². The van der Waals surface area contributed by atoms with Crippen LogP contribution in [0, 0.1) is 28.6 Å². The molecule has 2 unspecified atom stereocenters. The van der Waals surface area contributed by atoms with Crippen LogP contribution >= 0.6 is 0 Å². The Labute approximate surface area is 267 Å². The molecule has 5 aliphatic rings. The van der Waals surface area contributed by atoms with Crippen LogP contribution in [0.1, 0.15) is 42.4 Å². The van der Waals surface area contributed by atoms with E-state index in [9.17, 15) is 24.1 Å². The quantitative estimate of drug-likeness (QED) is 0.413. The third-order valence-electron chi connectivity index (χ3n) is 9.86. The number of amides is 1. The second-order valence-electron chi connectivity index (χ2n) is 12.7. The Balaban J connectivity index is 1.39. The fraction of sp³-hybridized carbons (Fsp3) is 0.486. The first-order valence-corrected chi connectivity index (χ1v) is 15.9. The molecular weight excluding hydrogens is 593 g/mol.